The molecule has 138 valence electrons. The van der Waals surface area contributed by atoms with Crippen molar-refractivity contribution in [3.8, 4) is 10.6 Å². The second-order valence-electron chi connectivity index (χ2n) is 6.00. The summed E-state index contributed by atoms with van der Waals surface area (Å²) in [5.41, 5.74) is 1.99. The normalized spacial score (nSPS) is 12.2. The van der Waals surface area contributed by atoms with Crippen LogP contribution in [0.1, 0.15) is 20.3 Å². The topological polar surface area (TPSA) is 20.5 Å². The molecule has 0 saturated carbocycles. The van der Waals surface area contributed by atoms with Gasteiger partial charge in [0, 0.05) is 11.9 Å². The summed E-state index contributed by atoms with van der Waals surface area (Å²) in [6, 6.07) is 10.6. The third-order valence-corrected chi connectivity index (χ3v) is 6.13. The number of thiophene rings is 1. The zero-order valence-electron chi connectivity index (χ0n) is 15.2. The molecule has 0 bridgehead atoms. The highest BCUT2D eigenvalue weighted by Crippen LogP contribution is 2.25. The zero-order valence-corrected chi connectivity index (χ0v) is 16.8. The summed E-state index contributed by atoms with van der Waals surface area (Å²) >= 11 is 3.38. The van der Waals surface area contributed by atoms with Gasteiger partial charge in [-0.05, 0) is 61.8 Å². The molecule has 6 heteroatoms. The van der Waals surface area contributed by atoms with Crippen molar-refractivity contribution in [1.82, 2.24) is 9.47 Å². The standard InChI is InChI=1S/C20H24FN3S2/c1-3-23(4-2)12-6-13-24-18(19-7-5-14-25-19)15-26-20(24)22-17-10-8-16(21)9-11-17/h5,7-11,14-15H,3-4,6,12-13H2,1-2H3. The van der Waals surface area contributed by atoms with E-state index in [2.05, 4.69) is 46.2 Å². The number of nitrogens with zero attached hydrogens (tertiary/aromatic N) is 3. The summed E-state index contributed by atoms with van der Waals surface area (Å²) in [6.45, 7) is 8.56. The molecule has 0 spiro atoms. The number of rotatable bonds is 8. The maximum absolute atomic E-state index is 13.2. The average Bonchev–Trinajstić information content (AvgIpc) is 3.31. The van der Waals surface area contributed by atoms with Crippen molar-refractivity contribution >= 4 is 28.4 Å². The summed E-state index contributed by atoms with van der Waals surface area (Å²) in [4.78, 5) is 9.41. The Morgan fingerprint density at radius 1 is 1.08 bits per heavy atom. The number of hydrogen-bond donors (Lipinski definition) is 0. The Kier molecular flexibility index (Phi) is 6.77. The van der Waals surface area contributed by atoms with Crippen LogP contribution in [-0.2, 0) is 6.54 Å². The number of hydrogen-bond acceptors (Lipinski definition) is 4. The summed E-state index contributed by atoms with van der Waals surface area (Å²) in [7, 11) is 0. The number of halogens is 1. The van der Waals surface area contributed by atoms with Gasteiger partial charge in [-0.15, -0.1) is 22.7 Å². The van der Waals surface area contributed by atoms with Gasteiger partial charge in [0.2, 0.25) is 0 Å². The molecule has 0 N–H and O–H groups in total. The summed E-state index contributed by atoms with van der Waals surface area (Å²) < 4.78 is 15.5. The molecule has 0 unspecified atom stereocenters. The highest BCUT2D eigenvalue weighted by molar-refractivity contribution is 7.14. The van der Waals surface area contributed by atoms with Gasteiger partial charge in [-0.2, -0.15) is 0 Å². The third-order valence-electron chi connectivity index (χ3n) is 4.37. The second kappa shape index (κ2) is 9.26. The van der Waals surface area contributed by atoms with Gasteiger partial charge in [0.25, 0.3) is 0 Å². The lowest BCUT2D eigenvalue weighted by molar-refractivity contribution is 0.293. The van der Waals surface area contributed by atoms with Gasteiger partial charge in [-0.25, -0.2) is 9.38 Å². The minimum atomic E-state index is -0.235. The van der Waals surface area contributed by atoms with Gasteiger partial charge in [0.05, 0.1) is 16.3 Å². The van der Waals surface area contributed by atoms with Crippen molar-refractivity contribution < 1.29 is 4.39 Å². The number of aromatic nitrogens is 1. The number of thiazole rings is 1. The summed E-state index contributed by atoms with van der Waals surface area (Å²) in [6.07, 6.45) is 1.08. The highest BCUT2D eigenvalue weighted by atomic mass is 32.1. The summed E-state index contributed by atoms with van der Waals surface area (Å²) in [5, 5.41) is 4.27. The molecule has 0 atom stereocenters. The van der Waals surface area contributed by atoms with Crippen LogP contribution in [0.15, 0.2) is 52.2 Å². The lowest BCUT2D eigenvalue weighted by Crippen LogP contribution is -2.26. The van der Waals surface area contributed by atoms with E-state index in [1.165, 1.54) is 22.7 Å². The molecule has 1 aromatic carbocycles. The molecule has 0 aliphatic rings. The van der Waals surface area contributed by atoms with Gasteiger partial charge in [-0.1, -0.05) is 19.9 Å². The maximum Gasteiger partial charge on any atom is 0.190 e. The Balaban J connectivity index is 1.90. The Bertz CT molecular complexity index is 859. The molecule has 3 nitrogen and oxygen atoms in total. The van der Waals surface area contributed by atoms with Crippen molar-refractivity contribution in [2.75, 3.05) is 19.6 Å². The molecule has 2 aromatic heterocycles. The van der Waals surface area contributed by atoms with Crippen LogP contribution in [0, 0.1) is 5.82 Å². The molecule has 0 radical (unpaired) electrons. The molecule has 2 heterocycles. The molecule has 3 rings (SSSR count). The van der Waals surface area contributed by atoms with Crippen molar-refractivity contribution in [2.45, 2.75) is 26.8 Å². The summed E-state index contributed by atoms with van der Waals surface area (Å²) in [5.74, 6) is -0.235. The average molecular weight is 390 g/mol. The largest absolute Gasteiger partial charge is 0.316 e. The molecular weight excluding hydrogens is 365 g/mol. The molecule has 0 aliphatic carbocycles. The molecule has 3 aromatic rings. The minimum Gasteiger partial charge on any atom is -0.316 e. The Labute approximate surface area is 162 Å². The van der Waals surface area contributed by atoms with E-state index >= 15 is 0 Å². The van der Waals surface area contributed by atoms with E-state index in [0.717, 1.165) is 43.1 Å². The first-order valence-electron chi connectivity index (χ1n) is 8.96. The van der Waals surface area contributed by atoms with Crippen molar-refractivity contribution in [2.24, 2.45) is 4.99 Å². The highest BCUT2D eigenvalue weighted by Gasteiger charge is 2.10. The van der Waals surface area contributed by atoms with Crippen LogP contribution in [0.5, 0.6) is 0 Å². The Hall–Kier alpha value is -1.76. The first-order valence-corrected chi connectivity index (χ1v) is 10.7. The van der Waals surface area contributed by atoms with E-state index in [1.807, 2.05) is 0 Å². The predicted molar refractivity (Wildman–Crippen MR) is 110 cm³/mol. The third kappa shape index (κ3) is 4.69. The van der Waals surface area contributed by atoms with Crippen LogP contribution in [0.4, 0.5) is 10.1 Å². The van der Waals surface area contributed by atoms with Crippen LogP contribution < -0.4 is 4.80 Å². The fourth-order valence-electron chi connectivity index (χ4n) is 2.88. The van der Waals surface area contributed by atoms with Crippen LogP contribution in [-0.4, -0.2) is 29.1 Å². The molecule has 0 fully saturated rings. The second-order valence-corrected chi connectivity index (χ2v) is 7.79. The van der Waals surface area contributed by atoms with E-state index in [9.17, 15) is 4.39 Å². The van der Waals surface area contributed by atoms with Crippen LogP contribution in [0.3, 0.4) is 0 Å². The molecule has 0 aliphatic heterocycles. The van der Waals surface area contributed by atoms with E-state index in [1.54, 1.807) is 34.8 Å². The first kappa shape index (κ1) is 19.0. The van der Waals surface area contributed by atoms with E-state index in [-0.39, 0.29) is 5.82 Å². The molecule has 0 saturated heterocycles. The van der Waals surface area contributed by atoms with E-state index < -0.39 is 0 Å². The maximum atomic E-state index is 13.2. The van der Waals surface area contributed by atoms with Crippen LogP contribution in [0.2, 0.25) is 0 Å². The predicted octanol–water partition coefficient (Wildman–Crippen LogP) is 5.38. The first-order chi connectivity index (χ1) is 12.7. The zero-order chi connectivity index (χ0) is 18.4. The monoisotopic (exact) mass is 389 g/mol. The Morgan fingerprint density at radius 3 is 2.50 bits per heavy atom. The van der Waals surface area contributed by atoms with Gasteiger partial charge in [-0.3, -0.25) is 0 Å². The van der Waals surface area contributed by atoms with Crippen LogP contribution >= 0.6 is 22.7 Å². The minimum absolute atomic E-state index is 0.235. The van der Waals surface area contributed by atoms with Gasteiger partial charge < -0.3 is 9.47 Å². The quantitative estimate of drug-likeness (QED) is 0.506. The van der Waals surface area contributed by atoms with Gasteiger partial charge >= 0.3 is 0 Å². The number of benzene rings is 1. The van der Waals surface area contributed by atoms with Gasteiger partial charge in [0.15, 0.2) is 4.80 Å². The van der Waals surface area contributed by atoms with Crippen molar-refractivity contribution in [1.29, 1.82) is 0 Å². The van der Waals surface area contributed by atoms with Gasteiger partial charge in [0.1, 0.15) is 5.82 Å². The van der Waals surface area contributed by atoms with Crippen LogP contribution in [0.25, 0.3) is 10.6 Å². The fourth-order valence-corrected chi connectivity index (χ4v) is 4.65. The lowest BCUT2D eigenvalue weighted by atomic mass is 10.3. The SMILES string of the molecule is CCN(CC)CCCn1c(-c2cccs2)csc1=Nc1ccc(F)cc1. The molecule has 0 amide bonds. The van der Waals surface area contributed by atoms with E-state index in [0.29, 0.717) is 0 Å². The fraction of sp³-hybridized carbons (Fsp3) is 0.350. The lowest BCUT2D eigenvalue weighted by Gasteiger charge is -2.18. The van der Waals surface area contributed by atoms with Crippen molar-refractivity contribution in [3.63, 3.8) is 0 Å². The Morgan fingerprint density at radius 2 is 1.85 bits per heavy atom. The van der Waals surface area contributed by atoms with E-state index in [4.69, 9.17) is 4.99 Å². The van der Waals surface area contributed by atoms with Crippen molar-refractivity contribution in [3.05, 3.63) is 57.8 Å². The molecule has 26 heavy (non-hydrogen) atoms. The smallest absolute Gasteiger partial charge is 0.190 e. The molecular formula is C20H24FN3S2.